The Bertz CT molecular complexity index is 3890. The molecule has 1 rings (SSSR count). The van der Waals surface area contributed by atoms with Crippen molar-refractivity contribution in [2.45, 2.75) is 332 Å². The van der Waals surface area contributed by atoms with Gasteiger partial charge in [0, 0.05) is 68.3 Å². The van der Waals surface area contributed by atoms with Crippen molar-refractivity contribution in [2.24, 2.45) is 16.5 Å². The number of carboxylic acid groups (broad SMARTS) is 3. The van der Waals surface area contributed by atoms with Crippen LogP contribution in [0.4, 0.5) is 0 Å². The highest BCUT2D eigenvalue weighted by molar-refractivity contribution is 7.80. The molecule has 0 saturated heterocycles. The van der Waals surface area contributed by atoms with E-state index in [0.717, 1.165) is 44.9 Å². The first-order valence-corrected chi connectivity index (χ1v) is 52.4. The monoisotopic (exact) mass is 2070 g/mol. The van der Waals surface area contributed by atoms with E-state index < -0.39 is 232 Å². The largest absolute Gasteiger partial charge is 0.481 e. The zero-order valence-corrected chi connectivity index (χ0v) is 85.2. The van der Waals surface area contributed by atoms with Crippen molar-refractivity contribution in [2.75, 3.05) is 95.4 Å². The summed E-state index contributed by atoms with van der Waals surface area (Å²) in [5.41, 5.74) is 11.4. The highest BCUT2D eigenvalue weighted by Gasteiger charge is 2.36. The number of ether oxygens (including phenoxy) is 4. The number of aliphatic carboxylic acids is 3. The predicted octanol–water partition coefficient (Wildman–Crippen LogP) is 4.69. The standard InChI is InChI=1S/C91H156N15O28PS4/c1-4-6-8-10-12-14-16-18-20-22-24-26-28-30-35-41-79(115)131-57-65(134-81(117)42-36-31-29-27-25-23-21-19-17-15-13-11-9-7-5-2)58-133-135(127,128)132-49-47-94-46-48-129-50-51-130-80(116)44-43-74(107)98-63(3)82(118)103-71(60-137)89(125)102-69(54-77(111)112)87(123)106-72(61-138)88(124)100-66(40-37-45-95-91(92)93)83(119)96-55-75(108)99-68(53-76(109)110)86(122)105-73(62-139)90(126)101-67(52-64-38-33-32-34-39-64)85(121)104-70(59-136)84(120)97-56-78(113)114/h32-34,38-39,63,65-73,94,136-139H,4-31,35-37,40-62H2,1-3H3,(H,96,119)(H,97,120)(H,98,107)(H,99,108)(H,100,124)(H,101,126)(H,102,125)(H,103,118)(H,104,121)(H,105,122)(H,106,123)(H,109,110)(H,111,112)(H,113,114)(H,127,128)(H4,92,93,95)/t63-,65?,66-,67-,68-,69-,70-,71-,72-,73-/m0/s1. The SMILES string of the molecule is CCCCCCCCCCCCCCCCCC(=O)OCC(COP(=O)(O)OCCNCCOCCOC(=O)CCC(=O)N[C@@H](C)C(=O)N[C@@H](CS)C(=O)N[C@@H](CC(=O)O)C(=O)N[C@@H](CS)C(=O)N[C@@H](CCCN=C(N)N)C(=O)NCC(=O)N[C@@H](CC(=O)O)C(=O)N[C@@H](CS)C(=O)N[C@@H](Cc1ccccc1)C(=O)N[C@@H](CS)C(=O)NCC(=O)O)OC(=O)CCCCCCCCCCCCCCCCC. The van der Waals surface area contributed by atoms with Crippen LogP contribution in [0.25, 0.3) is 0 Å². The molecule has 0 bridgehead atoms. The summed E-state index contributed by atoms with van der Waals surface area (Å²) in [7, 11) is -4.68. The molecular formula is C91H156N15O28PS4. The van der Waals surface area contributed by atoms with Gasteiger partial charge in [0.15, 0.2) is 12.1 Å². The molecule has 792 valence electrons. The molecule has 0 spiro atoms. The molecule has 0 heterocycles. The third kappa shape index (κ3) is 67.1. The summed E-state index contributed by atoms with van der Waals surface area (Å²) in [4.78, 5) is 236. The number of nitrogens with one attached hydrogen (secondary N) is 12. The Morgan fingerprint density at radius 3 is 1.25 bits per heavy atom. The van der Waals surface area contributed by atoms with E-state index in [-0.39, 0.29) is 96.5 Å². The van der Waals surface area contributed by atoms with Crippen molar-refractivity contribution in [3.63, 3.8) is 0 Å². The molecule has 0 aliphatic carbocycles. The van der Waals surface area contributed by atoms with Crippen LogP contribution < -0.4 is 75.3 Å². The van der Waals surface area contributed by atoms with Crippen LogP contribution in [0.2, 0.25) is 0 Å². The number of hydrogen-bond acceptors (Lipinski definition) is 30. The number of guanidine groups is 1. The van der Waals surface area contributed by atoms with Crippen molar-refractivity contribution in [3.8, 4) is 0 Å². The number of esters is 3. The van der Waals surface area contributed by atoms with Crippen molar-refractivity contribution >= 4 is 165 Å². The number of phosphoric acid groups is 1. The number of benzene rings is 1. The Balaban J connectivity index is 2.81. The van der Waals surface area contributed by atoms with Crippen LogP contribution in [0.3, 0.4) is 0 Å². The van der Waals surface area contributed by atoms with Crippen LogP contribution in [0.5, 0.6) is 0 Å². The second kappa shape index (κ2) is 80.5. The van der Waals surface area contributed by atoms with Gasteiger partial charge in [-0.15, -0.1) is 0 Å². The molecule has 1 aromatic rings. The fourth-order valence-corrected chi connectivity index (χ4v) is 15.5. The number of unbranched alkanes of at least 4 members (excludes halogenated alkanes) is 28. The van der Waals surface area contributed by atoms with Gasteiger partial charge in [0.05, 0.1) is 52.2 Å². The summed E-state index contributed by atoms with van der Waals surface area (Å²) >= 11 is 16.5. The Hall–Kier alpha value is -9.09. The maximum Gasteiger partial charge on any atom is 0.472 e. The summed E-state index contributed by atoms with van der Waals surface area (Å²) in [5.74, 6) is -20.4. The van der Waals surface area contributed by atoms with Crippen molar-refractivity contribution in [3.05, 3.63) is 35.9 Å². The smallest absolute Gasteiger partial charge is 0.472 e. The highest BCUT2D eigenvalue weighted by atomic mass is 32.1. The van der Waals surface area contributed by atoms with Gasteiger partial charge in [-0.25, -0.2) is 4.57 Å². The van der Waals surface area contributed by atoms with E-state index in [0.29, 0.717) is 18.4 Å². The normalized spacial score (nSPS) is 13.7. The van der Waals surface area contributed by atoms with Crippen LogP contribution in [0.1, 0.15) is 270 Å². The van der Waals surface area contributed by atoms with E-state index in [4.69, 9.17) is 44.6 Å². The minimum atomic E-state index is -4.68. The van der Waals surface area contributed by atoms with E-state index in [9.17, 15) is 101 Å². The lowest BCUT2D eigenvalue weighted by molar-refractivity contribution is -0.161. The lowest BCUT2D eigenvalue weighted by atomic mass is 10.0. The molecule has 1 aromatic carbocycles. The Labute approximate surface area is 837 Å². The van der Waals surface area contributed by atoms with Gasteiger partial charge >= 0.3 is 43.6 Å². The van der Waals surface area contributed by atoms with Gasteiger partial charge in [0.2, 0.25) is 65.0 Å². The molecule has 2 unspecified atom stereocenters. The van der Waals surface area contributed by atoms with Gasteiger partial charge in [-0.2, -0.15) is 50.5 Å². The number of nitrogens with zero attached hydrogens (tertiary/aromatic N) is 1. The Kier molecular flexibility index (Phi) is 74.0. The molecule has 48 heteroatoms. The molecule has 20 N–H and O–H groups in total. The minimum Gasteiger partial charge on any atom is -0.481 e. The molecule has 43 nitrogen and oxygen atoms in total. The molecule has 0 aromatic heterocycles. The molecule has 11 atom stereocenters. The summed E-state index contributed by atoms with van der Waals surface area (Å²) in [6, 6.07) is -6.49. The van der Waals surface area contributed by atoms with Gasteiger partial charge in [0.25, 0.3) is 0 Å². The zero-order valence-electron chi connectivity index (χ0n) is 80.8. The van der Waals surface area contributed by atoms with E-state index >= 15 is 0 Å². The lowest BCUT2D eigenvalue weighted by Gasteiger charge is -2.26. The second-order valence-corrected chi connectivity index (χ2v) is 36.5. The number of nitrogens with two attached hydrogens (primary N) is 2. The molecule has 0 aliphatic rings. The van der Waals surface area contributed by atoms with Crippen LogP contribution in [0.15, 0.2) is 35.3 Å². The van der Waals surface area contributed by atoms with E-state index in [1.807, 2.05) is 0 Å². The topological polar surface area (TPSA) is 652 Å². The number of rotatable bonds is 87. The van der Waals surface area contributed by atoms with E-state index in [1.165, 1.54) is 142 Å². The average molecular weight is 2070 g/mol. The Morgan fingerprint density at radius 2 is 0.784 bits per heavy atom. The number of carbonyl (C=O) groups excluding carboxylic acids is 14. The number of thiol groups is 4. The molecular weight excluding hydrogens is 1910 g/mol. The number of aliphatic imine (C=N–C) groups is 1. The van der Waals surface area contributed by atoms with Crippen molar-refractivity contribution in [1.82, 2.24) is 63.8 Å². The molecule has 0 saturated carbocycles. The fourth-order valence-electron chi connectivity index (χ4n) is 13.7. The minimum absolute atomic E-state index is 0.0316. The van der Waals surface area contributed by atoms with Gasteiger partial charge < -0.3 is 114 Å². The first-order chi connectivity index (χ1) is 66.5. The fraction of sp³-hybridized carbons (Fsp3) is 0.736. The van der Waals surface area contributed by atoms with Gasteiger partial charge in [0.1, 0.15) is 74.1 Å². The number of amides is 11. The lowest BCUT2D eigenvalue weighted by Crippen LogP contribution is -2.60. The van der Waals surface area contributed by atoms with Crippen LogP contribution in [-0.2, 0) is 120 Å². The van der Waals surface area contributed by atoms with E-state index in [2.05, 4.69) is 133 Å². The third-order valence-corrected chi connectivity index (χ3v) is 24.0. The summed E-state index contributed by atoms with van der Waals surface area (Å²) < 4.78 is 45.0. The van der Waals surface area contributed by atoms with Crippen LogP contribution in [0, 0.1) is 0 Å². The summed E-state index contributed by atoms with van der Waals surface area (Å²) in [6.45, 7) is 2.69. The molecule has 11 amide bonds. The summed E-state index contributed by atoms with van der Waals surface area (Å²) in [6.07, 6.45) is 30.8. The Morgan fingerprint density at radius 1 is 0.388 bits per heavy atom. The van der Waals surface area contributed by atoms with Crippen molar-refractivity contribution in [1.29, 1.82) is 0 Å². The quantitative estimate of drug-likeness (QED) is 0.00799. The van der Waals surface area contributed by atoms with Crippen LogP contribution in [-0.4, -0.2) is 283 Å². The summed E-state index contributed by atoms with van der Waals surface area (Å²) in [5, 5.41) is 56.6. The van der Waals surface area contributed by atoms with Gasteiger partial charge in [-0.05, 0) is 38.2 Å². The molecule has 0 fully saturated rings. The maximum absolute atomic E-state index is 13.9. The first kappa shape index (κ1) is 128. The maximum atomic E-state index is 13.9. The third-order valence-electron chi connectivity index (χ3n) is 21.5. The van der Waals surface area contributed by atoms with Gasteiger partial charge in [-0.3, -0.25) is 95.5 Å². The van der Waals surface area contributed by atoms with Gasteiger partial charge in [-0.1, -0.05) is 224 Å². The zero-order chi connectivity index (χ0) is 103. The second-order valence-electron chi connectivity index (χ2n) is 33.6. The average Bonchev–Trinajstić information content (AvgIpc) is 0.860. The first-order valence-electron chi connectivity index (χ1n) is 48.4. The van der Waals surface area contributed by atoms with Crippen LogP contribution >= 0.6 is 58.3 Å². The molecule has 139 heavy (non-hydrogen) atoms. The number of carbonyl (C=O) groups is 17. The number of hydrogen-bond donors (Lipinski definition) is 22. The van der Waals surface area contributed by atoms with Crippen molar-refractivity contribution < 1.29 is 134 Å². The molecule has 0 radical (unpaired) electrons. The highest BCUT2D eigenvalue weighted by Crippen LogP contribution is 2.43. The number of phosphoric ester groups is 1. The predicted molar refractivity (Wildman–Crippen MR) is 532 cm³/mol. The van der Waals surface area contributed by atoms with E-state index in [1.54, 1.807) is 30.3 Å². The molecule has 0 aliphatic heterocycles. The number of carboxylic acids is 3.